The Kier molecular flexibility index (Phi) is 37.1. The number of carbonyl (C=O) groups is 8. The molecule has 34 heteroatoms. The van der Waals surface area contributed by atoms with E-state index in [1.165, 1.54) is 54.6 Å². The number of nitrogens with one attached hydrogen (secondary N) is 1. The highest BCUT2D eigenvalue weighted by molar-refractivity contribution is 9.10. The first-order valence-corrected chi connectivity index (χ1v) is 45.3. The van der Waals surface area contributed by atoms with Crippen LogP contribution in [0.3, 0.4) is 0 Å². The molecular formula is C101H88BrN7O23S3. The molecule has 2 fully saturated rings. The number of para-hydroxylation sites is 4. The average Bonchev–Trinajstić information content (AvgIpc) is 1.45. The normalized spacial score (nSPS) is 11.9. The molecule has 0 bridgehead atoms. The van der Waals surface area contributed by atoms with Crippen LogP contribution < -0.4 is 19.8 Å². The summed E-state index contributed by atoms with van der Waals surface area (Å²) in [5.74, 6) is -5.23. The molecule has 1 aliphatic heterocycles. The second-order valence-electron chi connectivity index (χ2n) is 29.5. The zero-order valence-electron chi connectivity index (χ0n) is 72.7. The average molecular weight is 1940 g/mol. The molecule has 2 aliphatic rings. The van der Waals surface area contributed by atoms with Crippen LogP contribution >= 0.6 is 38.6 Å². The number of aromatic nitrogens is 5. The fraction of sp³-hybridized carbons (Fsp3) is 0.149. The molecular weight excluding hydrogens is 1860 g/mol. The number of carbonyl (C=O) groups excluding carboxylic acids is 3. The van der Waals surface area contributed by atoms with Gasteiger partial charge in [0.25, 0.3) is 10.0 Å². The minimum absolute atomic E-state index is 0.107. The Morgan fingerprint density at radius 1 is 0.526 bits per heavy atom. The molecule has 1 saturated carbocycles. The van der Waals surface area contributed by atoms with Gasteiger partial charge in [-0.2, -0.15) is 13.9 Å². The first kappa shape index (κ1) is 101. The van der Waals surface area contributed by atoms with E-state index in [4.69, 9.17) is 54.1 Å². The number of pyridine rings is 5. The van der Waals surface area contributed by atoms with Crippen molar-refractivity contribution in [3.05, 3.63) is 354 Å². The Morgan fingerprint density at radius 3 is 1.64 bits per heavy atom. The maximum absolute atomic E-state index is 12.2. The molecule has 1 saturated heterocycles. The van der Waals surface area contributed by atoms with Gasteiger partial charge in [-0.3, -0.25) is 19.6 Å². The van der Waals surface area contributed by atoms with Gasteiger partial charge >= 0.3 is 47.9 Å². The monoisotopic (exact) mass is 1940 g/mol. The van der Waals surface area contributed by atoms with Crippen LogP contribution in [0.15, 0.2) is 297 Å². The summed E-state index contributed by atoms with van der Waals surface area (Å²) in [5.41, 5.74) is 9.32. The van der Waals surface area contributed by atoms with E-state index in [-0.39, 0.29) is 45.7 Å². The summed E-state index contributed by atoms with van der Waals surface area (Å²) in [6, 6.07) is 74.3. The number of H-pyrrole nitrogens is 1. The van der Waals surface area contributed by atoms with Crippen LogP contribution in [0.4, 0.5) is 5.82 Å². The van der Waals surface area contributed by atoms with E-state index in [0.29, 0.717) is 108 Å². The van der Waals surface area contributed by atoms with Crippen molar-refractivity contribution < 1.29 is 106 Å². The number of sulfonamides is 1. The predicted molar refractivity (Wildman–Crippen MR) is 515 cm³/mol. The highest BCUT2D eigenvalue weighted by atomic mass is 79.9. The smallest absolute Gasteiger partial charge is 0.373 e. The van der Waals surface area contributed by atoms with Gasteiger partial charge in [-0.05, 0) is 207 Å². The molecule has 9 heterocycles. The maximum Gasteiger partial charge on any atom is 0.373 e. The van der Waals surface area contributed by atoms with Crippen molar-refractivity contribution in [2.75, 3.05) is 32.1 Å². The summed E-state index contributed by atoms with van der Waals surface area (Å²) in [6.45, 7) is 4.36. The van der Waals surface area contributed by atoms with Crippen molar-refractivity contribution in [2.24, 2.45) is 0 Å². The van der Waals surface area contributed by atoms with E-state index >= 15 is 0 Å². The predicted octanol–water partition coefficient (Wildman–Crippen LogP) is 20.7. The number of carboxylic acid groups (broad SMARTS) is 7. The first-order chi connectivity index (χ1) is 64.9. The summed E-state index contributed by atoms with van der Waals surface area (Å²) in [5, 5.41) is 69.3. The van der Waals surface area contributed by atoms with E-state index in [0.717, 1.165) is 81.0 Å². The third kappa shape index (κ3) is 27.9. The van der Waals surface area contributed by atoms with E-state index < -0.39 is 51.8 Å². The third-order valence-corrected chi connectivity index (χ3v) is 24.7. The molecule has 8 N–H and O–H groups in total. The van der Waals surface area contributed by atoms with Crippen molar-refractivity contribution in [2.45, 2.75) is 76.5 Å². The molecule has 0 atom stereocenters. The molecule has 1 aliphatic carbocycles. The Labute approximate surface area is 788 Å². The van der Waals surface area contributed by atoms with Crippen LogP contribution in [0.25, 0.3) is 75.9 Å². The summed E-state index contributed by atoms with van der Waals surface area (Å²) >= 11 is 6.65. The molecule has 135 heavy (non-hydrogen) atoms. The number of aryl methyl sites for hydroxylation is 2. The number of aldehydes is 1. The fourth-order valence-electron chi connectivity index (χ4n) is 14.1. The van der Waals surface area contributed by atoms with Crippen LogP contribution in [0.1, 0.15) is 145 Å². The molecule has 8 aromatic heterocycles. The number of aromatic carboxylic acids is 7. The molecule has 0 radical (unpaired) electrons. The lowest BCUT2D eigenvalue weighted by Crippen LogP contribution is -2.35. The Bertz CT molecular complexity index is 7100. The summed E-state index contributed by atoms with van der Waals surface area (Å²) < 4.78 is 42.2. The number of anilines is 1. The molecule has 0 amide bonds. The number of furan rings is 1. The number of halogens is 1. The van der Waals surface area contributed by atoms with Crippen LogP contribution in [-0.4, -0.2) is 161 Å². The zero-order chi connectivity index (χ0) is 97.3. The molecule has 0 unspecified atom stereocenters. The minimum Gasteiger partial charge on any atom is -0.493 e. The molecule has 690 valence electrons. The summed E-state index contributed by atoms with van der Waals surface area (Å²) in [4.78, 5) is 141. The number of benzene rings is 8. The van der Waals surface area contributed by atoms with Crippen LogP contribution in [-0.2, 0) is 26.2 Å². The maximum atomic E-state index is 12.2. The van der Waals surface area contributed by atoms with Crippen molar-refractivity contribution in [3.63, 3.8) is 0 Å². The van der Waals surface area contributed by atoms with Gasteiger partial charge in [-0.25, -0.2) is 51.9 Å². The standard InChI is InChI=1S/C16H14O5.C14H9NO3.C14H9NO2S.C13H9BrO2.C13H18N2O2.C11H9NO2.C10H13NO5S.C9H7NS.CO2/c1-20-15-8-11(9-17)5-6-14(15)21-10-12-3-2-4-13(7-12)16(18)19;16-13-8-4-1-2-7-11(8)15-12-9(13)5-3-6-10(12)14(17)18;16-14(17)10-8-12(13-6-3-7-18-13)15-11-5-2-1-4-9(10)11;14-12-6-2-4-10(8-12)9-3-1-5-11(7-9)13(15)16;1-15(10-6-3-2-4-7-10)12-11(13(16)17)8-5-9-14-12;1-7-6-9(11(13)14)8-4-2-3-5-10(8)12-7;1-7-8(10(12)13)6-9(16-7)17(14,15)11-4-2-3-5-11;1-2-6-10-8(4-1)9-5-3-7-11-9;2-1-3/h2-9H,10H2,1H3,(H,18,19);1-7H,(H,15,16)(H,17,18);1-8H,(H,16,17);1-8H,(H,15,16);5,8-10H,2-4,6-7H2,1H3,(H,16,17);2-6H,1H3,(H,13,14);6H,2-5H2,1H3,(H,12,13);1-7H;. The Balaban J connectivity index is 0.000000160. The minimum atomic E-state index is -3.67. The van der Waals surface area contributed by atoms with Gasteiger partial charge in [0.05, 0.1) is 72.6 Å². The SMILES string of the molecule is CN(c1ncccc1C(=O)O)C1CCCCC1.COc1cc(C=O)ccc1OCc1cccc(C(=O)O)c1.Cc1cc(C(=O)O)c2ccccc2n1.Cc1oc(S(=O)(=O)N2CCCC2)cc1C(=O)O.O=C(O)c1cc(-c2cccs2)nc2ccccc12.O=C(O)c1cccc(-c2cccc(Br)c2)c1.O=C(O)c1cccc2c(=O)c3ccccc3[nH]c12.O=C=O.c1ccc(-c2cccs2)nc1. The molecule has 18 rings (SSSR count). The Hall–Kier alpha value is -15.8. The number of nitrogens with zero attached hydrogens (tertiary/aromatic N) is 6. The number of rotatable bonds is 19. The largest absolute Gasteiger partial charge is 0.493 e. The van der Waals surface area contributed by atoms with Gasteiger partial charge in [-0.15, -0.1) is 22.7 Å². The number of carboxylic acids is 7. The van der Waals surface area contributed by atoms with Gasteiger partial charge in [0, 0.05) is 87.4 Å². The van der Waals surface area contributed by atoms with Gasteiger partial charge in [-0.1, -0.05) is 144 Å². The fourth-order valence-corrected chi connectivity index (χ4v) is 17.4. The van der Waals surface area contributed by atoms with Crippen LogP contribution in [0.5, 0.6) is 11.5 Å². The molecule has 30 nitrogen and oxygen atoms in total. The third-order valence-electron chi connectivity index (χ3n) is 20.6. The summed E-state index contributed by atoms with van der Waals surface area (Å²) in [7, 11) is -0.233. The van der Waals surface area contributed by atoms with Crippen molar-refractivity contribution in [3.8, 4) is 43.8 Å². The zero-order valence-corrected chi connectivity index (χ0v) is 76.8. The van der Waals surface area contributed by atoms with Gasteiger partial charge in [0.15, 0.2) is 16.9 Å². The second-order valence-corrected chi connectivity index (χ2v) is 34.2. The quantitative estimate of drug-likeness (QED) is 0.0275. The van der Waals surface area contributed by atoms with Gasteiger partial charge in [0.1, 0.15) is 35.6 Å². The lowest BCUT2D eigenvalue weighted by molar-refractivity contribution is -0.191. The lowest BCUT2D eigenvalue weighted by atomic mass is 9.94. The van der Waals surface area contributed by atoms with E-state index in [1.54, 1.807) is 163 Å². The van der Waals surface area contributed by atoms with Gasteiger partial charge < -0.3 is 59.5 Å². The van der Waals surface area contributed by atoms with Crippen molar-refractivity contribution in [1.82, 2.24) is 29.2 Å². The van der Waals surface area contributed by atoms with Crippen LogP contribution in [0, 0.1) is 13.8 Å². The number of hydrogen-bond donors (Lipinski definition) is 8. The molecule has 8 aromatic carbocycles. The van der Waals surface area contributed by atoms with Crippen LogP contribution in [0.2, 0.25) is 0 Å². The summed E-state index contributed by atoms with van der Waals surface area (Å²) in [6.07, 6.45) is 12.1. The topological polar surface area (TPSA) is 469 Å². The Morgan fingerprint density at radius 2 is 1.07 bits per heavy atom. The lowest BCUT2D eigenvalue weighted by Gasteiger charge is -2.32. The molecule has 0 spiro atoms. The van der Waals surface area contributed by atoms with E-state index in [1.807, 2.05) is 127 Å². The number of aromatic amines is 1. The number of methoxy groups -OCH3 is 1. The van der Waals surface area contributed by atoms with E-state index in [2.05, 4.69) is 52.3 Å². The van der Waals surface area contributed by atoms with E-state index in [9.17, 15) is 56.7 Å². The molecule has 16 aromatic rings. The number of fused-ring (bicyclic) bond motifs is 4. The van der Waals surface area contributed by atoms with Crippen molar-refractivity contribution >= 4 is 152 Å². The number of thiophene rings is 2. The van der Waals surface area contributed by atoms with Crippen molar-refractivity contribution in [1.29, 1.82) is 0 Å². The highest BCUT2D eigenvalue weighted by Crippen LogP contribution is 2.34. The first-order valence-electron chi connectivity index (χ1n) is 41.3. The second kappa shape index (κ2) is 49.4. The number of ether oxygens (including phenoxy) is 2. The highest BCUT2D eigenvalue weighted by Gasteiger charge is 2.32. The van der Waals surface area contributed by atoms with Gasteiger partial charge in [0.2, 0.25) is 5.09 Å². The number of hydrogen-bond acceptors (Lipinski definition) is 23.